The molecule has 3 nitrogen and oxygen atoms in total. The number of alkyl halides is 3. The van der Waals surface area contributed by atoms with Gasteiger partial charge in [0.15, 0.2) is 0 Å². The normalized spacial score (nSPS) is 29.4. The van der Waals surface area contributed by atoms with Crippen molar-refractivity contribution < 1.29 is 18.3 Å². The van der Waals surface area contributed by atoms with Crippen LogP contribution in [-0.4, -0.2) is 48.0 Å². The van der Waals surface area contributed by atoms with Crippen molar-refractivity contribution in [1.82, 2.24) is 4.90 Å². The van der Waals surface area contributed by atoms with Crippen LogP contribution in [0.2, 0.25) is 0 Å². The van der Waals surface area contributed by atoms with E-state index in [1.54, 1.807) is 0 Å². The molecule has 0 aliphatic carbocycles. The lowest BCUT2D eigenvalue weighted by atomic mass is 9.89. The number of hydrogen-bond donors (Lipinski definition) is 2. The largest absolute Gasteiger partial charge is 0.401 e. The minimum atomic E-state index is -4.19. The lowest BCUT2D eigenvalue weighted by Crippen LogP contribution is -2.51. The Labute approximate surface area is 87.0 Å². The number of likely N-dealkylation sites (tertiary alicyclic amines) is 1. The van der Waals surface area contributed by atoms with Gasteiger partial charge in [0, 0.05) is 6.54 Å². The third-order valence-corrected chi connectivity index (χ3v) is 2.65. The molecule has 15 heavy (non-hydrogen) atoms. The molecule has 0 aromatic heterocycles. The van der Waals surface area contributed by atoms with E-state index in [2.05, 4.69) is 0 Å². The van der Waals surface area contributed by atoms with Crippen molar-refractivity contribution in [3.05, 3.63) is 0 Å². The Morgan fingerprint density at radius 1 is 1.40 bits per heavy atom. The van der Waals surface area contributed by atoms with Gasteiger partial charge in [-0.05, 0) is 32.4 Å². The zero-order valence-corrected chi connectivity index (χ0v) is 8.56. The molecule has 0 spiro atoms. The van der Waals surface area contributed by atoms with E-state index in [0.717, 1.165) is 0 Å². The Bertz CT molecular complexity index is 206. The van der Waals surface area contributed by atoms with E-state index in [9.17, 15) is 18.3 Å². The maximum atomic E-state index is 12.1. The van der Waals surface area contributed by atoms with Gasteiger partial charge >= 0.3 is 6.18 Å². The first-order chi connectivity index (χ1) is 6.85. The van der Waals surface area contributed by atoms with Gasteiger partial charge in [-0.25, -0.2) is 0 Å². The monoisotopic (exact) mass is 226 g/mol. The molecule has 0 aromatic rings. The molecule has 1 rings (SSSR count). The standard InChI is InChI=1S/C9H17F3N2O/c10-9(11,12)7-14-5-1-2-8(15,6-14)3-4-13/h15H,1-7,13H2. The van der Waals surface area contributed by atoms with Crippen LogP contribution in [0.15, 0.2) is 0 Å². The summed E-state index contributed by atoms with van der Waals surface area (Å²) in [5.74, 6) is 0. The van der Waals surface area contributed by atoms with E-state index in [1.807, 2.05) is 0 Å². The van der Waals surface area contributed by atoms with Gasteiger partial charge in [-0.2, -0.15) is 13.2 Å². The summed E-state index contributed by atoms with van der Waals surface area (Å²) in [4.78, 5) is 1.25. The fourth-order valence-electron chi connectivity index (χ4n) is 2.07. The molecule has 0 saturated carbocycles. The molecular weight excluding hydrogens is 209 g/mol. The third kappa shape index (κ3) is 4.36. The smallest absolute Gasteiger partial charge is 0.389 e. The highest BCUT2D eigenvalue weighted by atomic mass is 19.4. The first-order valence-electron chi connectivity index (χ1n) is 5.06. The average molecular weight is 226 g/mol. The predicted molar refractivity (Wildman–Crippen MR) is 50.4 cm³/mol. The van der Waals surface area contributed by atoms with E-state index < -0.39 is 18.3 Å². The lowest BCUT2D eigenvalue weighted by molar-refractivity contribution is -0.158. The van der Waals surface area contributed by atoms with Crippen LogP contribution < -0.4 is 5.73 Å². The summed E-state index contributed by atoms with van der Waals surface area (Å²) in [7, 11) is 0. The number of halogens is 3. The summed E-state index contributed by atoms with van der Waals surface area (Å²) < 4.78 is 36.4. The zero-order chi connectivity index (χ0) is 11.5. The van der Waals surface area contributed by atoms with Gasteiger partial charge in [0.25, 0.3) is 0 Å². The molecule has 1 aliphatic heterocycles. The van der Waals surface area contributed by atoms with Gasteiger partial charge in [0.2, 0.25) is 0 Å². The summed E-state index contributed by atoms with van der Waals surface area (Å²) in [6, 6.07) is 0. The number of aliphatic hydroxyl groups is 1. The van der Waals surface area contributed by atoms with Gasteiger partial charge < -0.3 is 10.8 Å². The van der Waals surface area contributed by atoms with Gasteiger partial charge in [-0.15, -0.1) is 0 Å². The fourth-order valence-corrected chi connectivity index (χ4v) is 2.07. The van der Waals surface area contributed by atoms with Gasteiger partial charge in [0.05, 0.1) is 12.1 Å². The average Bonchev–Trinajstić information content (AvgIpc) is 1.99. The predicted octanol–water partition coefficient (Wildman–Crippen LogP) is 0.724. The second-order valence-electron chi connectivity index (χ2n) is 4.19. The maximum absolute atomic E-state index is 12.1. The Morgan fingerprint density at radius 2 is 2.07 bits per heavy atom. The van der Waals surface area contributed by atoms with Crippen molar-refractivity contribution in [3.8, 4) is 0 Å². The Morgan fingerprint density at radius 3 is 2.60 bits per heavy atom. The third-order valence-electron chi connectivity index (χ3n) is 2.65. The highest BCUT2D eigenvalue weighted by molar-refractivity contribution is 4.87. The molecule has 1 saturated heterocycles. The van der Waals surface area contributed by atoms with Crippen LogP contribution in [0.25, 0.3) is 0 Å². The summed E-state index contributed by atoms with van der Waals surface area (Å²) >= 11 is 0. The van der Waals surface area contributed by atoms with Crippen molar-refractivity contribution in [2.24, 2.45) is 5.73 Å². The molecule has 1 aliphatic rings. The van der Waals surface area contributed by atoms with Crippen LogP contribution >= 0.6 is 0 Å². The Balaban J connectivity index is 2.48. The highest BCUT2D eigenvalue weighted by Gasteiger charge is 2.37. The van der Waals surface area contributed by atoms with Crippen LogP contribution in [-0.2, 0) is 0 Å². The summed E-state index contributed by atoms with van der Waals surface area (Å²) in [6.45, 7) is -0.174. The molecule has 1 atom stereocenters. The van der Waals surface area contributed by atoms with Crippen LogP contribution in [0.4, 0.5) is 13.2 Å². The van der Waals surface area contributed by atoms with Crippen molar-refractivity contribution in [2.75, 3.05) is 26.2 Å². The van der Waals surface area contributed by atoms with E-state index in [-0.39, 0.29) is 6.54 Å². The van der Waals surface area contributed by atoms with Crippen LogP contribution in [0.3, 0.4) is 0 Å². The van der Waals surface area contributed by atoms with E-state index in [4.69, 9.17) is 5.73 Å². The van der Waals surface area contributed by atoms with E-state index in [0.29, 0.717) is 32.4 Å². The van der Waals surface area contributed by atoms with Crippen LogP contribution in [0, 0.1) is 0 Å². The molecule has 0 aromatic carbocycles. The molecule has 0 bridgehead atoms. The first kappa shape index (κ1) is 12.7. The maximum Gasteiger partial charge on any atom is 0.401 e. The molecule has 1 heterocycles. The van der Waals surface area contributed by atoms with Crippen LogP contribution in [0.5, 0.6) is 0 Å². The van der Waals surface area contributed by atoms with Gasteiger partial charge in [0.1, 0.15) is 0 Å². The Kier molecular flexibility index (Phi) is 3.97. The number of nitrogens with zero attached hydrogens (tertiary/aromatic N) is 1. The lowest BCUT2D eigenvalue weighted by Gasteiger charge is -2.39. The summed E-state index contributed by atoms with van der Waals surface area (Å²) in [5, 5.41) is 9.95. The zero-order valence-electron chi connectivity index (χ0n) is 8.56. The first-order valence-corrected chi connectivity index (χ1v) is 5.06. The second kappa shape index (κ2) is 4.67. The minimum Gasteiger partial charge on any atom is -0.389 e. The molecule has 0 amide bonds. The molecule has 1 fully saturated rings. The quantitative estimate of drug-likeness (QED) is 0.745. The SMILES string of the molecule is NCCC1(O)CCCN(CC(F)(F)F)C1. The summed E-state index contributed by atoms with van der Waals surface area (Å²) in [5.41, 5.74) is 4.29. The topological polar surface area (TPSA) is 49.5 Å². The number of piperidine rings is 1. The number of hydrogen-bond acceptors (Lipinski definition) is 3. The van der Waals surface area contributed by atoms with E-state index >= 15 is 0 Å². The highest BCUT2D eigenvalue weighted by Crippen LogP contribution is 2.26. The van der Waals surface area contributed by atoms with E-state index in [1.165, 1.54) is 4.90 Å². The minimum absolute atomic E-state index is 0.0731. The summed E-state index contributed by atoms with van der Waals surface area (Å²) in [6.07, 6.45) is -2.70. The number of β-amino-alcohol motifs (C(OH)–C–C–N with tert-alkyl or cyclic N) is 1. The molecule has 6 heteroatoms. The van der Waals surface area contributed by atoms with Crippen molar-refractivity contribution >= 4 is 0 Å². The van der Waals surface area contributed by atoms with Crippen molar-refractivity contribution in [2.45, 2.75) is 31.0 Å². The van der Waals surface area contributed by atoms with Crippen LogP contribution in [0.1, 0.15) is 19.3 Å². The molecule has 90 valence electrons. The molecule has 1 unspecified atom stereocenters. The fraction of sp³-hybridized carbons (Fsp3) is 1.00. The Hall–Kier alpha value is -0.330. The molecule has 3 N–H and O–H groups in total. The van der Waals surface area contributed by atoms with Crippen molar-refractivity contribution in [1.29, 1.82) is 0 Å². The number of nitrogens with two attached hydrogens (primary N) is 1. The molecular formula is C9H17F3N2O. The molecule has 0 radical (unpaired) electrons. The van der Waals surface area contributed by atoms with Gasteiger partial charge in [-0.3, -0.25) is 4.90 Å². The van der Waals surface area contributed by atoms with Crippen molar-refractivity contribution in [3.63, 3.8) is 0 Å². The van der Waals surface area contributed by atoms with Gasteiger partial charge in [-0.1, -0.05) is 0 Å². The number of rotatable bonds is 3. The second-order valence-corrected chi connectivity index (χ2v) is 4.19.